The molecular formula is C15H19BrN2O5S2. The second kappa shape index (κ2) is 12.0. The molecule has 0 atom stereocenters. The first-order valence-corrected chi connectivity index (χ1v) is 10.6. The molecule has 0 unspecified atom stereocenters. The number of aliphatic carboxylic acids is 1. The maximum atomic E-state index is 12.0. The Bertz CT molecular complexity index is 628. The Morgan fingerprint density at radius 1 is 1.24 bits per heavy atom. The van der Waals surface area contributed by atoms with Gasteiger partial charge in [0.15, 0.2) is 0 Å². The fourth-order valence-corrected chi connectivity index (χ4v) is 4.14. The van der Waals surface area contributed by atoms with Gasteiger partial charge >= 0.3 is 5.97 Å². The average Bonchev–Trinajstić information content (AvgIpc) is 2.57. The number of amides is 1. The lowest BCUT2D eigenvalue weighted by Gasteiger charge is -2.07. The summed E-state index contributed by atoms with van der Waals surface area (Å²) in [4.78, 5) is 22.4. The van der Waals surface area contributed by atoms with Crippen molar-refractivity contribution in [1.82, 2.24) is 5.32 Å². The van der Waals surface area contributed by atoms with Gasteiger partial charge < -0.3 is 20.7 Å². The Kier molecular flexibility index (Phi) is 10.4. The second-order valence-electron chi connectivity index (χ2n) is 4.91. The minimum Gasteiger partial charge on any atom is -0.507 e. The zero-order valence-corrected chi connectivity index (χ0v) is 16.5. The summed E-state index contributed by atoms with van der Waals surface area (Å²) >= 11 is 3.19. The highest BCUT2D eigenvalue weighted by Gasteiger charge is 2.13. The summed E-state index contributed by atoms with van der Waals surface area (Å²) in [5, 5.41) is 32.7. The monoisotopic (exact) mass is 450 g/mol. The molecule has 0 bridgehead atoms. The molecule has 1 aromatic carbocycles. The summed E-state index contributed by atoms with van der Waals surface area (Å²) in [7, 11) is 3.11. The van der Waals surface area contributed by atoms with E-state index in [0.29, 0.717) is 23.2 Å². The van der Waals surface area contributed by atoms with Crippen molar-refractivity contribution in [1.29, 1.82) is 0 Å². The van der Waals surface area contributed by atoms with Crippen LogP contribution in [0.25, 0.3) is 0 Å². The summed E-state index contributed by atoms with van der Waals surface area (Å²) in [6.45, 7) is 0.410. The van der Waals surface area contributed by atoms with Crippen LogP contribution in [0, 0.1) is 0 Å². The van der Waals surface area contributed by atoms with E-state index in [0.717, 1.165) is 11.3 Å². The molecule has 4 N–H and O–H groups in total. The Balaban J connectivity index is 2.27. The molecular weight excluding hydrogens is 432 g/mol. The molecule has 1 aromatic rings. The highest BCUT2D eigenvalue weighted by atomic mass is 79.9. The Morgan fingerprint density at radius 3 is 2.60 bits per heavy atom. The molecule has 0 fully saturated rings. The molecule has 0 aliphatic heterocycles. The zero-order chi connectivity index (χ0) is 18.7. The molecule has 0 saturated heterocycles. The van der Waals surface area contributed by atoms with E-state index in [2.05, 4.69) is 26.4 Å². The Morgan fingerprint density at radius 2 is 1.96 bits per heavy atom. The van der Waals surface area contributed by atoms with Crippen molar-refractivity contribution in [3.05, 3.63) is 28.2 Å². The molecule has 0 aromatic heterocycles. The summed E-state index contributed by atoms with van der Waals surface area (Å²) in [5.74, 6) is 0.239. The van der Waals surface area contributed by atoms with Gasteiger partial charge in [0.1, 0.15) is 11.5 Å². The van der Waals surface area contributed by atoms with Gasteiger partial charge in [-0.1, -0.05) is 32.8 Å². The van der Waals surface area contributed by atoms with Crippen LogP contribution in [-0.4, -0.2) is 51.1 Å². The lowest BCUT2D eigenvalue weighted by Crippen LogP contribution is -2.33. The standard InChI is InChI=1S/C15H19BrN2O5S2/c16-11-8-10(3-4-13(11)19)9-12(18-23)15(22)17-5-7-25-24-6-1-2-14(20)21/h3-4,8,19,23H,1-2,5-7,9H2,(H,17,22)(H,20,21)/b18-12+. The predicted molar refractivity (Wildman–Crippen MR) is 104 cm³/mol. The number of carboxylic acid groups (broad SMARTS) is 1. The maximum Gasteiger partial charge on any atom is 0.303 e. The van der Waals surface area contributed by atoms with E-state index in [9.17, 15) is 14.7 Å². The van der Waals surface area contributed by atoms with Crippen LogP contribution >= 0.6 is 37.5 Å². The van der Waals surface area contributed by atoms with E-state index >= 15 is 0 Å². The van der Waals surface area contributed by atoms with Crippen LogP contribution in [-0.2, 0) is 16.0 Å². The van der Waals surface area contributed by atoms with E-state index in [1.807, 2.05) is 0 Å². The number of nitrogens with one attached hydrogen (secondary N) is 1. The molecule has 0 spiro atoms. The molecule has 0 heterocycles. The van der Waals surface area contributed by atoms with Crippen molar-refractivity contribution in [2.75, 3.05) is 18.1 Å². The number of hydrogen-bond acceptors (Lipinski definition) is 7. The number of hydrogen-bond donors (Lipinski definition) is 4. The van der Waals surface area contributed by atoms with Crippen molar-refractivity contribution >= 4 is 55.1 Å². The number of nitrogens with zero attached hydrogens (tertiary/aromatic N) is 1. The predicted octanol–water partition coefficient (Wildman–Crippen LogP) is 2.89. The highest BCUT2D eigenvalue weighted by molar-refractivity contribution is 9.10. The number of halogens is 1. The molecule has 0 aliphatic rings. The fraction of sp³-hybridized carbons (Fsp3) is 0.400. The molecule has 1 amide bonds. The smallest absolute Gasteiger partial charge is 0.303 e. The number of oxime groups is 1. The van der Waals surface area contributed by atoms with Gasteiger partial charge in [-0.2, -0.15) is 0 Å². The number of benzene rings is 1. The van der Waals surface area contributed by atoms with E-state index in [4.69, 9.17) is 10.3 Å². The number of aromatic hydroxyl groups is 1. The first-order chi connectivity index (χ1) is 11.9. The minimum atomic E-state index is -0.797. The van der Waals surface area contributed by atoms with Crippen molar-refractivity contribution in [3.63, 3.8) is 0 Å². The SMILES string of the molecule is O=C(O)CCCSSCCNC(=O)/C(Cc1ccc(O)c(Br)c1)=N/O. The largest absolute Gasteiger partial charge is 0.507 e. The third-order valence-corrected chi connectivity index (χ3v) is 6.07. The number of phenolic OH excluding ortho intramolecular Hbond substituents is 1. The minimum absolute atomic E-state index is 0.0169. The quantitative estimate of drug-likeness (QED) is 0.134. The van der Waals surface area contributed by atoms with Crippen molar-refractivity contribution < 1.29 is 25.0 Å². The number of rotatable bonds is 11. The summed E-state index contributed by atoms with van der Waals surface area (Å²) in [6, 6.07) is 4.78. The lowest BCUT2D eigenvalue weighted by atomic mass is 10.1. The van der Waals surface area contributed by atoms with Gasteiger partial charge in [0.2, 0.25) is 0 Å². The molecule has 138 valence electrons. The van der Waals surface area contributed by atoms with E-state index in [1.54, 1.807) is 33.7 Å². The van der Waals surface area contributed by atoms with Crippen LogP contribution in [0.3, 0.4) is 0 Å². The van der Waals surface area contributed by atoms with E-state index < -0.39 is 11.9 Å². The van der Waals surface area contributed by atoms with E-state index in [1.165, 1.54) is 6.07 Å². The second-order valence-corrected chi connectivity index (χ2v) is 8.46. The van der Waals surface area contributed by atoms with Crippen LogP contribution in [0.2, 0.25) is 0 Å². The number of carboxylic acids is 1. The van der Waals surface area contributed by atoms with Crippen molar-refractivity contribution in [2.45, 2.75) is 19.3 Å². The van der Waals surface area contributed by atoms with Crippen LogP contribution < -0.4 is 5.32 Å². The highest BCUT2D eigenvalue weighted by Crippen LogP contribution is 2.24. The number of carbonyl (C=O) groups excluding carboxylic acids is 1. The van der Waals surface area contributed by atoms with Gasteiger partial charge in [0.25, 0.3) is 5.91 Å². The first kappa shape index (κ1) is 21.7. The van der Waals surface area contributed by atoms with Crippen molar-refractivity contribution in [3.8, 4) is 5.75 Å². The third-order valence-electron chi connectivity index (χ3n) is 2.94. The summed E-state index contributed by atoms with van der Waals surface area (Å²) in [6.07, 6.45) is 0.912. The topological polar surface area (TPSA) is 119 Å². The van der Waals surface area contributed by atoms with Crippen LogP contribution in [0.5, 0.6) is 5.75 Å². The molecule has 0 radical (unpaired) electrons. The van der Waals surface area contributed by atoms with Crippen LogP contribution in [0.4, 0.5) is 0 Å². The number of carbonyl (C=O) groups is 2. The third kappa shape index (κ3) is 9.03. The lowest BCUT2D eigenvalue weighted by molar-refractivity contribution is -0.137. The molecule has 10 heteroatoms. The van der Waals surface area contributed by atoms with Gasteiger partial charge in [-0.05, 0) is 40.0 Å². The van der Waals surface area contributed by atoms with E-state index in [-0.39, 0.29) is 24.3 Å². The van der Waals surface area contributed by atoms with Gasteiger partial charge in [0.05, 0.1) is 4.47 Å². The molecule has 25 heavy (non-hydrogen) atoms. The van der Waals surface area contributed by atoms with Gasteiger partial charge in [-0.15, -0.1) is 0 Å². The normalized spacial score (nSPS) is 11.3. The maximum absolute atomic E-state index is 12.0. The molecule has 0 saturated carbocycles. The van der Waals surface area contributed by atoms with Crippen LogP contribution in [0.1, 0.15) is 18.4 Å². The zero-order valence-electron chi connectivity index (χ0n) is 13.3. The summed E-state index contributed by atoms with van der Waals surface area (Å²) < 4.78 is 0.499. The van der Waals surface area contributed by atoms with Gasteiger partial charge in [0, 0.05) is 30.9 Å². The van der Waals surface area contributed by atoms with Crippen molar-refractivity contribution in [2.24, 2.45) is 5.16 Å². The number of phenols is 1. The van der Waals surface area contributed by atoms with Gasteiger partial charge in [-0.3, -0.25) is 9.59 Å². The molecule has 0 aliphatic carbocycles. The fourth-order valence-electron chi connectivity index (χ4n) is 1.72. The average molecular weight is 451 g/mol. The molecule has 1 rings (SSSR count). The van der Waals surface area contributed by atoms with Gasteiger partial charge in [-0.25, -0.2) is 0 Å². The Hall–Kier alpha value is -1.39. The first-order valence-electron chi connectivity index (χ1n) is 7.36. The Labute approximate surface area is 161 Å². The molecule has 7 nitrogen and oxygen atoms in total. The summed E-state index contributed by atoms with van der Waals surface area (Å²) in [5.41, 5.74) is 0.702. The van der Waals surface area contributed by atoms with Crippen LogP contribution in [0.15, 0.2) is 27.8 Å².